The highest BCUT2D eigenvalue weighted by Crippen LogP contribution is 2.76. The molecule has 262 valence electrons. The molecule has 5 fully saturated rings. The Morgan fingerprint density at radius 2 is 1.57 bits per heavy atom. The van der Waals surface area contributed by atoms with Gasteiger partial charge in [0.15, 0.2) is 0 Å². The summed E-state index contributed by atoms with van der Waals surface area (Å²) in [5.41, 5.74) is -4.15. The van der Waals surface area contributed by atoms with Crippen LogP contribution >= 0.6 is 0 Å². The molecule has 0 aromatic rings. The minimum Gasteiger partial charge on any atom is -0.432 e. The number of allylic oxidation sites excluding steroid dienone is 1. The van der Waals surface area contributed by atoms with E-state index >= 15 is 0 Å². The number of carbonyl (C=O) groups is 1. The van der Waals surface area contributed by atoms with Crippen LogP contribution in [0.25, 0.3) is 0 Å². The predicted molar refractivity (Wildman–Crippen MR) is 164 cm³/mol. The molecule has 0 aromatic heterocycles. The Balaban J connectivity index is 1.42. The van der Waals surface area contributed by atoms with Crippen LogP contribution in [0.4, 0.5) is 0 Å². The highest BCUT2D eigenvalue weighted by Gasteiger charge is 2.74. The van der Waals surface area contributed by atoms with Crippen molar-refractivity contribution in [1.82, 2.24) is 0 Å². The molecule has 46 heavy (non-hydrogen) atoms. The lowest BCUT2D eigenvalue weighted by Gasteiger charge is -2.72. The number of ether oxygens (including phenoxy) is 2. The molecular weight excluding hydrogens is 596 g/mol. The molecule has 11 heteroatoms. The first kappa shape index (κ1) is 34.7. The lowest BCUT2D eigenvalue weighted by Crippen LogP contribution is -2.73. The number of esters is 1. The van der Waals surface area contributed by atoms with Gasteiger partial charge in [-0.15, -0.1) is 0 Å². The van der Waals surface area contributed by atoms with Crippen molar-refractivity contribution in [2.45, 2.75) is 135 Å². The molecule has 1 saturated heterocycles. The second kappa shape index (κ2) is 10.9. The number of fused-ring (bicyclic) bond motifs is 7. The van der Waals surface area contributed by atoms with E-state index in [4.69, 9.17) is 9.47 Å². The van der Waals surface area contributed by atoms with Crippen LogP contribution < -0.4 is 0 Å². The fourth-order valence-corrected chi connectivity index (χ4v) is 12.0. The summed E-state index contributed by atoms with van der Waals surface area (Å²) in [4.78, 5) is 14.3. The quantitative estimate of drug-likeness (QED) is 0.160. The Bertz CT molecular complexity index is 1250. The third-order valence-corrected chi connectivity index (χ3v) is 15.4. The van der Waals surface area contributed by atoms with Crippen molar-refractivity contribution >= 4 is 5.97 Å². The molecule has 1 heterocycles. The van der Waals surface area contributed by atoms with Crippen LogP contribution in [0.3, 0.4) is 0 Å². The number of aliphatic hydroxyl groups is 8. The summed E-state index contributed by atoms with van der Waals surface area (Å²) in [5, 5.41) is 87.5. The Morgan fingerprint density at radius 1 is 0.891 bits per heavy atom. The summed E-state index contributed by atoms with van der Waals surface area (Å²) >= 11 is 0. The van der Waals surface area contributed by atoms with Crippen molar-refractivity contribution in [3.8, 4) is 0 Å². The van der Waals surface area contributed by atoms with E-state index in [-0.39, 0.29) is 31.0 Å². The lowest BCUT2D eigenvalue weighted by atomic mass is 9.32. The summed E-state index contributed by atoms with van der Waals surface area (Å²) in [6, 6.07) is 0. The van der Waals surface area contributed by atoms with Crippen LogP contribution in [0.1, 0.15) is 86.5 Å². The number of rotatable bonds is 3. The maximum absolute atomic E-state index is 14.3. The average molecular weight is 653 g/mol. The summed E-state index contributed by atoms with van der Waals surface area (Å²) in [6.45, 7) is 11.4. The highest BCUT2D eigenvalue weighted by molar-refractivity contribution is 5.79. The first-order valence-corrected chi connectivity index (χ1v) is 17.2. The van der Waals surface area contributed by atoms with Crippen LogP contribution in [0.15, 0.2) is 11.6 Å². The van der Waals surface area contributed by atoms with Gasteiger partial charge in [0.05, 0.1) is 36.4 Å². The third kappa shape index (κ3) is 4.19. The van der Waals surface area contributed by atoms with E-state index in [0.29, 0.717) is 38.5 Å². The van der Waals surface area contributed by atoms with Crippen molar-refractivity contribution in [2.24, 2.45) is 50.7 Å². The SMILES string of the molecule is C[C@@H]1CC[C@]2(C(=O)O[C@@H]3OC[C@@H](O)[C@H](O)[C@H]3O)CC[C@]3(C)C(=CC[C@@H]4[C@@]5(C)C(O)C(O)C(O)[C@@](C)(CO)[C@@H]5CC[C@]43C)[C@@H]2[C@]1(C)O. The Morgan fingerprint density at radius 3 is 2.22 bits per heavy atom. The Labute approximate surface area is 271 Å². The fraction of sp³-hybridized carbons (Fsp3) is 0.914. The van der Waals surface area contributed by atoms with Crippen LogP contribution in [-0.4, -0.2) is 109 Å². The Kier molecular flexibility index (Phi) is 8.24. The molecule has 0 bridgehead atoms. The third-order valence-electron chi connectivity index (χ3n) is 15.4. The van der Waals surface area contributed by atoms with Gasteiger partial charge in [0.1, 0.15) is 24.4 Å². The van der Waals surface area contributed by atoms with Crippen LogP contribution in [-0.2, 0) is 14.3 Å². The smallest absolute Gasteiger partial charge is 0.315 e. The molecule has 5 aliphatic carbocycles. The maximum atomic E-state index is 14.3. The predicted octanol–water partition coefficient (Wildman–Crippen LogP) is 1.02. The molecule has 0 radical (unpaired) electrons. The van der Waals surface area contributed by atoms with Crippen molar-refractivity contribution in [3.05, 3.63) is 11.6 Å². The van der Waals surface area contributed by atoms with Crippen LogP contribution in [0.2, 0.25) is 0 Å². The fourth-order valence-electron chi connectivity index (χ4n) is 12.0. The van der Waals surface area contributed by atoms with E-state index in [9.17, 15) is 45.6 Å². The number of aliphatic hydroxyl groups excluding tert-OH is 7. The maximum Gasteiger partial charge on any atom is 0.315 e. The monoisotopic (exact) mass is 652 g/mol. The first-order valence-electron chi connectivity index (χ1n) is 17.2. The summed E-state index contributed by atoms with van der Waals surface area (Å²) < 4.78 is 11.3. The molecule has 6 rings (SSSR count). The zero-order valence-electron chi connectivity index (χ0n) is 28.1. The van der Waals surface area contributed by atoms with Crippen LogP contribution in [0, 0.1) is 50.7 Å². The molecular formula is C35H56O11. The summed E-state index contributed by atoms with van der Waals surface area (Å²) in [7, 11) is 0. The molecule has 1 aliphatic heterocycles. The Hall–Kier alpha value is -1.15. The molecule has 4 saturated carbocycles. The zero-order chi connectivity index (χ0) is 34.0. The van der Waals surface area contributed by atoms with Gasteiger partial charge in [-0.2, -0.15) is 0 Å². The van der Waals surface area contributed by atoms with E-state index in [1.54, 1.807) is 13.8 Å². The number of hydrogen-bond donors (Lipinski definition) is 8. The largest absolute Gasteiger partial charge is 0.432 e. The van der Waals surface area contributed by atoms with Crippen molar-refractivity contribution in [2.75, 3.05) is 13.2 Å². The average Bonchev–Trinajstić information content (AvgIpc) is 3.01. The summed E-state index contributed by atoms with van der Waals surface area (Å²) in [6.07, 6.45) is -3.71. The molecule has 8 N–H and O–H groups in total. The van der Waals surface area contributed by atoms with Gasteiger partial charge in [-0.1, -0.05) is 46.3 Å². The van der Waals surface area contributed by atoms with Gasteiger partial charge in [0.2, 0.25) is 6.29 Å². The van der Waals surface area contributed by atoms with Crippen molar-refractivity contribution in [1.29, 1.82) is 0 Å². The summed E-state index contributed by atoms with van der Waals surface area (Å²) in [5.74, 6) is -1.71. The first-order chi connectivity index (χ1) is 21.3. The van der Waals surface area contributed by atoms with Gasteiger partial charge in [-0.3, -0.25) is 4.79 Å². The van der Waals surface area contributed by atoms with E-state index in [0.717, 1.165) is 12.0 Å². The normalized spacial score (nSPS) is 58.5. The lowest BCUT2D eigenvalue weighted by molar-refractivity contribution is -0.290. The van der Waals surface area contributed by atoms with Gasteiger partial charge >= 0.3 is 5.97 Å². The number of carbonyl (C=O) groups excluding carboxylic acids is 1. The van der Waals surface area contributed by atoms with Crippen molar-refractivity contribution in [3.63, 3.8) is 0 Å². The highest BCUT2D eigenvalue weighted by atomic mass is 16.7. The second-order valence-corrected chi connectivity index (χ2v) is 17.1. The van der Waals surface area contributed by atoms with Crippen LogP contribution in [0.5, 0.6) is 0 Å². The van der Waals surface area contributed by atoms with Gasteiger partial charge < -0.3 is 50.3 Å². The van der Waals surface area contributed by atoms with E-state index in [1.807, 2.05) is 13.8 Å². The second-order valence-electron chi connectivity index (χ2n) is 17.1. The molecule has 3 unspecified atom stereocenters. The minimum atomic E-state index is -1.62. The van der Waals surface area contributed by atoms with E-state index in [2.05, 4.69) is 19.9 Å². The molecule has 0 aromatic carbocycles. The minimum absolute atomic E-state index is 0.125. The van der Waals surface area contributed by atoms with Gasteiger partial charge in [-0.05, 0) is 80.5 Å². The number of hydrogen-bond acceptors (Lipinski definition) is 11. The zero-order valence-corrected chi connectivity index (χ0v) is 28.1. The van der Waals surface area contributed by atoms with Gasteiger partial charge in [-0.25, -0.2) is 0 Å². The van der Waals surface area contributed by atoms with E-state index in [1.165, 1.54) is 0 Å². The van der Waals surface area contributed by atoms with Gasteiger partial charge in [0.25, 0.3) is 0 Å². The topological polar surface area (TPSA) is 197 Å². The molecule has 6 aliphatic rings. The molecule has 17 atom stereocenters. The molecule has 0 spiro atoms. The van der Waals surface area contributed by atoms with Crippen molar-refractivity contribution < 1.29 is 55.1 Å². The molecule has 11 nitrogen and oxygen atoms in total. The standard InChI is InChI=1S/C35H56O11/c1-17-9-12-35(29(43)46-28-23(39)22(38)19(37)15-45-28)14-13-31(3)18(25(35)34(17,6)44)7-8-21-32(31,4)11-10-20-30(2,16-36)26(41)24(40)27(42)33(20,21)5/h7,17,19-28,36-42,44H,8-16H2,1-6H3/t17-,19-,20+,21+,22+,23-,24?,25-,26?,27?,28+,30+,31-,32-,33+,34-,35+/m1/s1. The van der Waals surface area contributed by atoms with E-state index < -0.39 is 87.5 Å². The van der Waals surface area contributed by atoms with Gasteiger partial charge in [0, 0.05) is 16.7 Å². The molecule has 0 amide bonds.